The van der Waals surface area contributed by atoms with Crippen molar-refractivity contribution in [1.82, 2.24) is 14.9 Å². The standard InChI is InChI=1S/C14H21N5/c1-10(2)19(3)9-8-16-13-11-6-4-5-7-12(11)17-14(15)18-13/h4-7,10H,8-9H2,1-3H3,(H3,15,16,17,18). The van der Waals surface area contributed by atoms with Gasteiger partial charge in [-0.1, -0.05) is 12.1 Å². The van der Waals surface area contributed by atoms with Crippen LogP contribution in [0.3, 0.4) is 0 Å². The topological polar surface area (TPSA) is 67.1 Å². The third-order valence-electron chi connectivity index (χ3n) is 3.26. The van der Waals surface area contributed by atoms with Gasteiger partial charge in [0.15, 0.2) is 0 Å². The van der Waals surface area contributed by atoms with Crippen LogP contribution in [0.15, 0.2) is 24.3 Å². The van der Waals surface area contributed by atoms with Gasteiger partial charge in [0.25, 0.3) is 0 Å². The Morgan fingerprint density at radius 2 is 2.00 bits per heavy atom. The molecule has 5 heteroatoms. The van der Waals surface area contributed by atoms with Crippen molar-refractivity contribution >= 4 is 22.7 Å². The van der Waals surface area contributed by atoms with Gasteiger partial charge in [-0.2, -0.15) is 4.98 Å². The number of nitrogens with two attached hydrogens (primary N) is 1. The number of benzene rings is 1. The summed E-state index contributed by atoms with van der Waals surface area (Å²) in [4.78, 5) is 10.8. The third kappa shape index (κ3) is 3.32. The highest BCUT2D eigenvalue weighted by atomic mass is 15.1. The summed E-state index contributed by atoms with van der Waals surface area (Å²) in [7, 11) is 2.11. The molecule has 0 aliphatic heterocycles. The van der Waals surface area contributed by atoms with Gasteiger partial charge in [-0.05, 0) is 33.0 Å². The molecule has 0 bridgehead atoms. The summed E-state index contributed by atoms with van der Waals surface area (Å²) in [6.07, 6.45) is 0. The Morgan fingerprint density at radius 1 is 1.26 bits per heavy atom. The zero-order valence-electron chi connectivity index (χ0n) is 11.7. The number of fused-ring (bicyclic) bond motifs is 1. The van der Waals surface area contributed by atoms with E-state index in [0.717, 1.165) is 29.8 Å². The highest BCUT2D eigenvalue weighted by Gasteiger charge is 2.06. The van der Waals surface area contributed by atoms with Crippen molar-refractivity contribution in [3.8, 4) is 0 Å². The number of nitrogen functional groups attached to an aromatic ring is 1. The van der Waals surface area contributed by atoms with E-state index in [2.05, 4.69) is 41.1 Å². The average Bonchev–Trinajstić information content (AvgIpc) is 2.38. The molecule has 0 radical (unpaired) electrons. The highest BCUT2D eigenvalue weighted by Crippen LogP contribution is 2.20. The van der Waals surface area contributed by atoms with Gasteiger partial charge in [0.2, 0.25) is 5.95 Å². The minimum absolute atomic E-state index is 0.304. The Labute approximate surface area is 113 Å². The molecule has 0 amide bonds. The van der Waals surface area contributed by atoms with Crippen molar-refractivity contribution in [1.29, 1.82) is 0 Å². The van der Waals surface area contributed by atoms with Crippen LogP contribution in [0.5, 0.6) is 0 Å². The summed E-state index contributed by atoms with van der Waals surface area (Å²) in [6.45, 7) is 6.14. The molecule has 2 rings (SSSR count). The van der Waals surface area contributed by atoms with E-state index in [4.69, 9.17) is 5.73 Å². The molecule has 3 N–H and O–H groups in total. The maximum Gasteiger partial charge on any atom is 0.222 e. The van der Waals surface area contributed by atoms with Gasteiger partial charge in [0.05, 0.1) is 5.52 Å². The van der Waals surface area contributed by atoms with Gasteiger partial charge < -0.3 is 16.0 Å². The molecule has 0 unspecified atom stereocenters. The van der Waals surface area contributed by atoms with E-state index in [9.17, 15) is 0 Å². The van der Waals surface area contributed by atoms with Crippen molar-refractivity contribution in [2.24, 2.45) is 0 Å². The first-order valence-corrected chi connectivity index (χ1v) is 6.54. The molecule has 1 aromatic heterocycles. The maximum absolute atomic E-state index is 5.73. The second-order valence-electron chi connectivity index (χ2n) is 4.95. The number of aromatic nitrogens is 2. The van der Waals surface area contributed by atoms with Crippen LogP contribution in [0, 0.1) is 0 Å². The van der Waals surface area contributed by atoms with Crippen molar-refractivity contribution in [2.75, 3.05) is 31.2 Å². The van der Waals surface area contributed by atoms with Gasteiger partial charge in [-0.25, -0.2) is 4.98 Å². The number of nitrogens with one attached hydrogen (secondary N) is 1. The van der Waals surface area contributed by atoms with Crippen LogP contribution in [-0.2, 0) is 0 Å². The first kappa shape index (κ1) is 13.5. The molecule has 0 fully saturated rings. The fraction of sp³-hybridized carbons (Fsp3) is 0.429. The van der Waals surface area contributed by atoms with E-state index in [1.807, 2.05) is 24.3 Å². The predicted molar refractivity (Wildman–Crippen MR) is 80.2 cm³/mol. The van der Waals surface area contributed by atoms with Gasteiger partial charge in [0, 0.05) is 24.5 Å². The van der Waals surface area contributed by atoms with E-state index < -0.39 is 0 Å². The molecule has 19 heavy (non-hydrogen) atoms. The molecule has 1 aromatic carbocycles. The van der Waals surface area contributed by atoms with E-state index >= 15 is 0 Å². The molecule has 0 spiro atoms. The molecule has 5 nitrogen and oxygen atoms in total. The lowest BCUT2D eigenvalue weighted by atomic mass is 10.2. The number of para-hydroxylation sites is 1. The second-order valence-corrected chi connectivity index (χ2v) is 4.95. The van der Waals surface area contributed by atoms with Gasteiger partial charge in [-0.15, -0.1) is 0 Å². The molecular weight excluding hydrogens is 238 g/mol. The van der Waals surface area contributed by atoms with Crippen LogP contribution in [0.4, 0.5) is 11.8 Å². The van der Waals surface area contributed by atoms with Gasteiger partial charge in [0.1, 0.15) is 5.82 Å². The third-order valence-corrected chi connectivity index (χ3v) is 3.26. The summed E-state index contributed by atoms with van der Waals surface area (Å²) < 4.78 is 0. The van der Waals surface area contributed by atoms with E-state index in [0.29, 0.717) is 12.0 Å². The van der Waals surface area contributed by atoms with Crippen LogP contribution in [-0.4, -0.2) is 41.0 Å². The summed E-state index contributed by atoms with van der Waals surface area (Å²) in [5.74, 6) is 1.11. The number of nitrogens with zero attached hydrogens (tertiary/aromatic N) is 3. The Morgan fingerprint density at radius 3 is 2.74 bits per heavy atom. The first-order chi connectivity index (χ1) is 9.08. The SMILES string of the molecule is CC(C)N(C)CCNc1nc(N)nc2ccccc12. The van der Waals surface area contributed by atoms with Gasteiger partial charge in [-0.3, -0.25) is 0 Å². The van der Waals surface area contributed by atoms with E-state index in [1.165, 1.54) is 0 Å². The summed E-state index contributed by atoms with van der Waals surface area (Å²) in [5.41, 5.74) is 6.60. The van der Waals surface area contributed by atoms with Crippen molar-refractivity contribution in [3.63, 3.8) is 0 Å². The fourth-order valence-electron chi connectivity index (χ4n) is 1.84. The monoisotopic (exact) mass is 259 g/mol. The lowest BCUT2D eigenvalue weighted by Crippen LogP contribution is -2.31. The summed E-state index contributed by atoms with van der Waals surface area (Å²) >= 11 is 0. The van der Waals surface area contributed by atoms with Crippen LogP contribution >= 0.6 is 0 Å². The van der Waals surface area contributed by atoms with Crippen LogP contribution in [0.1, 0.15) is 13.8 Å². The smallest absolute Gasteiger partial charge is 0.222 e. The molecular formula is C14H21N5. The summed E-state index contributed by atoms with van der Waals surface area (Å²) in [6, 6.07) is 8.41. The molecule has 102 valence electrons. The largest absolute Gasteiger partial charge is 0.368 e. The van der Waals surface area contributed by atoms with E-state index in [1.54, 1.807) is 0 Å². The minimum Gasteiger partial charge on any atom is -0.368 e. The molecule has 0 saturated carbocycles. The van der Waals surface area contributed by atoms with Crippen LogP contribution in [0.25, 0.3) is 10.9 Å². The highest BCUT2D eigenvalue weighted by molar-refractivity contribution is 5.89. The molecule has 1 heterocycles. The minimum atomic E-state index is 0.304. The number of hydrogen-bond acceptors (Lipinski definition) is 5. The zero-order valence-corrected chi connectivity index (χ0v) is 11.7. The Kier molecular flexibility index (Phi) is 4.16. The van der Waals surface area contributed by atoms with Crippen molar-refractivity contribution < 1.29 is 0 Å². The number of rotatable bonds is 5. The fourth-order valence-corrected chi connectivity index (χ4v) is 1.84. The molecule has 0 atom stereocenters. The van der Waals surface area contributed by atoms with E-state index in [-0.39, 0.29) is 0 Å². The average molecular weight is 259 g/mol. The summed E-state index contributed by atoms with van der Waals surface area (Å²) in [5, 5.41) is 4.35. The Balaban J connectivity index is 2.12. The predicted octanol–water partition coefficient (Wildman–Crippen LogP) is 1.96. The van der Waals surface area contributed by atoms with Crippen LogP contribution < -0.4 is 11.1 Å². The molecule has 0 aliphatic carbocycles. The molecule has 0 aliphatic rings. The van der Waals surface area contributed by atoms with Crippen molar-refractivity contribution in [2.45, 2.75) is 19.9 Å². The normalized spacial score (nSPS) is 11.4. The van der Waals surface area contributed by atoms with Crippen molar-refractivity contribution in [3.05, 3.63) is 24.3 Å². The zero-order chi connectivity index (χ0) is 13.8. The number of hydrogen-bond donors (Lipinski definition) is 2. The quantitative estimate of drug-likeness (QED) is 0.859. The lowest BCUT2D eigenvalue weighted by Gasteiger charge is -2.21. The Hall–Kier alpha value is -1.88. The molecule has 0 saturated heterocycles. The maximum atomic E-state index is 5.73. The van der Waals surface area contributed by atoms with Gasteiger partial charge >= 0.3 is 0 Å². The Bertz CT molecular complexity index is 553. The first-order valence-electron chi connectivity index (χ1n) is 6.54. The number of anilines is 2. The second kappa shape index (κ2) is 5.84. The molecule has 2 aromatic rings. The number of likely N-dealkylation sites (N-methyl/N-ethyl adjacent to an activating group) is 1. The van der Waals surface area contributed by atoms with Crippen LogP contribution in [0.2, 0.25) is 0 Å². The lowest BCUT2D eigenvalue weighted by molar-refractivity contribution is 0.284.